The van der Waals surface area contributed by atoms with Crippen molar-refractivity contribution < 1.29 is 19.4 Å². The third-order valence-electron chi connectivity index (χ3n) is 3.57. The second kappa shape index (κ2) is 7.64. The summed E-state index contributed by atoms with van der Waals surface area (Å²) in [6.45, 7) is 1.66. The highest BCUT2D eigenvalue weighted by Gasteiger charge is 2.25. The van der Waals surface area contributed by atoms with E-state index < -0.39 is 0 Å². The van der Waals surface area contributed by atoms with Gasteiger partial charge in [-0.05, 0) is 31.0 Å². The molecule has 1 heterocycles. The number of carbonyl (C=O) groups excluding carboxylic acids is 1. The minimum Gasteiger partial charge on any atom is -0.496 e. The molecule has 5 nitrogen and oxygen atoms in total. The Morgan fingerprint density at radius 1 is 1.43 bits per heavy atom. The molecule has 21 heavy (non-hydrogen) atoms. The largest absolute Gasteiger partial charge is 0.496 e. The summed E-state index contributed by atoms with van der Waals surface area (Å²) < 4.78 is 10.7. The average molecular weight is 314 g/mol. The number of nitrogens with zero attached hydrogens (tertiary/aromatic N) is 1. The number of hydrogen-bond donors (Lipinski definition) is 1. The molecule has 116 valence electrons. The maximum absolute atomic E-state index is 12.5. The van der Waals surface area contributed by atoms with Crippen molar-refractivity contribution in [1.29, 1.82) is 0 Å². The van der Waals surface area contributed by atoms with Crippen LogP contribution in [-0.2, 0) is 4.74 Å². The standard InChI is InChI=1S/C15H20ClNO4/c1-20-14-10-11(16)2-3-13(14)15(19)17-6-4-12(5-7-17)21-9-8-18/h2-3,10,12,18H,4-9H2,1H3. The third-order valence-corrected chi connectivity index (χ3v) is 3.80. The molecule has 1 fully saturated rings. The molecule has 0 aromatic heterocycles. The van der Waals surface area contributed by atoms with Gasteiger partial charge < -0.3 is 19.5 Å². The maximum atomic E-state index is 12.5. The summed E-state index contributed by atoms with van der Waals surface area (Å²) in [5.74, 6) is 0.440. The van der Waals surface area contributed by atoms with E-state index in [2.05, 4.69) is 0 Å². The molecule has 0 atom stereocenters. The molecule has 2 rings (SSSR count). The van der Waals surface area contributed by atoms with Gasteiger partial charge >= 0.3 is 0 Å². The van der Waals surface area contributed by atoms with E-state index in [0.29, 0.717) is 36.0 Å². The van der Waals surface area contributed by atoms with Crippen LogP contribution < -0.4 is 4.74 Å². The Kier molecular flexibility index (Phi) is 5.85. The Morgan fingerprint density at radius 2 is 2.14 bits per heavy atom. The van der Waals surface area contributed by atoms with E-state index in [1.165, 1.54) is 7.11 Å². The van der Waals surface area contributed by atoms with E-state index in [0.717, 1.165) is 12.8 Å². The van der Waals surface area contributed by atoms with E-state index in [1.54, 1.807) is 23.1 Å². The highest BCUT2D eigenvalue weighted by molar-refractivity contribution is 6.30. The maximum Gasteiger partial charge on any atom is 0.257 e. The van der Waals surface area contributed by atoms with E-state index in [-0.39, 0.29) is 18.6 Å². The van der Waals surface area contributed by atoms with Crippen molar-refractivity contribution in [3.8, 4) is 5.75 Å². The van der Waals surface area contributed by atoms with Crippen LogP contribution in [0.4, 0.5) is 0 Å². The van der Waals surface area contributed by atoms with Crippen molar-refractivity contribution >= 4 is 17.5 Å². The Morgan fingerprint density at radius 3 is 2.76 bits per heavy atom. The molecule has 0 spiro atoms. The molecule has 1 aliphatic heterocycles. The zero-order valence-corrected chi connectivity index (χ0v) is 12.8. The van der Waals surface area contributed by atoms with Gasteiger partial charge in [0, 0.05) is 18.1 Å². The number of methoxy groups -OCH3 is 1. The van der Waals surface area contributed by atoms with Crippen LogP contribution in [0.1, 0.15) is 23.2 Å². The normalized spacial score (nSPS) is 16.0. The lowest BCUT2D eigenvalue weighted by molar-refractivity contribution is -0.00558. The van der Waals surface area contributed by atoms with Gasteiger partial charge in [0.1, 0.15) is 5.75 Å². The highest BCUT2D eigenvalue weighted by atomic mass is 35.5. The number of hydrogen-bond acceptors (Lipinski definition) is 4. The van der Waals surface area contributed by atoms with Crippen molar-refractivity contribution in [3.05, 3.63) is 28.8 Å². The van der Waals surface area contributed by atoms with Crippen LogP contribution in [0, 0.1) is 0 Å². The third kappa shape index (κ3) is 4.09. The number of halogens is 1. The van der Waals surface area contributed by atoms with Crippen LogP contribution in [0.2, 0.25) is 5.02 Å². The molecule has 1 amide bonds. The molecular formula is C15H20ClNO4. The van der Waals surface area contributed by atoms with Crippen LogP contribution in [0.5, 0.6) is 5.75 Å². The minimum absolute atomic E-state index is 0.0289. The number of benzene rings is 1. The van der Waals surface area contributed by atoms with Gasteiger partial charge in [-0.3, -0.25) is 4.79 Å². The first-order chi connectivity index (χ1) is 10.2. The summed E-state index contributed by atoms with van der Waals surface area (Å²) in [6, 6.07) is 5.03. The van der Waals surface area contributed by atoms with Crippen molar-refractivity contribution in [2.75, 3.05) is 33.4 Å². The van der Waals surface area contributed by atoms with Gasteiger partial charge in [-0.25, -0.2) is 0 Å². The van der Waals surface area contributed by atoms with Crippen LogP contribution in [0.25, 0.3) is 0 Å². The van der Waals surface area contributed by atoms with E-state index in [9.17, 15) is 4.79 Å². The number of aliphatic hydroxyl groups is 1. The lowest BCUT2D eigenvalue weighted by Crippen LogP contribution is -2.41. The summed E-state index contributed by atoms with van der Waals surface area (Å²) in [7, 11) is 1.53. The van der Waals surface area contributed by atoms with Gasteiger partial charge in [0.05, 0.1) is 32.0 Å². The van der Waals surface area contributed by atoms with Gasteiger partial charge in [0.25, 0.3) is 5.91 Å². The van der Waals surface area contributed by atoms with Crippen molar-refractivity contribution in [2.45, 2.75) is 18.9 Å². The zero-order chi connectivity index (χ0) is 15.2. The fraction of sp³-hybridized carbons (Fsp3) is 0.533. The molecule has 0 saturated carbocycles. The summed E-state index contributed by atoms with van der Waals surface area (Å²) in [6.07, 6.45) is 1.68. The first-order valence-corrected chi connectivity index (χ1v) is 7.38. The van der Waals surface area contributed by atoms with Crippen LogP contribution >= 0.6 is 11.6 Å². The second-order valence-corrected chi connectivity index (χ2v) is 5.37. The molecule has 0 aliphatic carbocycles. The zero-order valence-electron chi connectivity index (χ0n) is 12.0. The Balaban J connectivity index is 1.99. The Hall–Kier alpha value is -1.30. The number of piperidine rings is 1. The molecule has 1 aliphatic rings. The summed E-state index contributed by atoms with van der Waals surface area (Å²) in [5, 5.41) is 9.29. The smallest absolute Gasteiger partial charge is 0.257 e. The monoisotopic (exact) mass is 313 g/mol. The quantitative estimate of drug-likeness (QED) is 0.903. The van der Waals surface area contributed by atoms with Crippen molar-refractivity contribution in [3.63, 3.8) is 0 Å². The molecule has 1 aromatic rings. The number of carbonyl (C=O) groups is 1. The lowest BCUT2D eigenvalue weighted by atomic mass is 10.1. The van der Waals surface area contributed by atoms with Gasteiger partial charge in [-0.2, -0.15) is 0 Å². The number of amides is 1. The minimum atomic E-state index is -0.0517. The molecule has 0 bridgehead atoms. The first-order valence-electron chi connectivity index (χ1n) is 7.01. The first kappa shape index (κ1) is 16.1. The Labute approximate surface area is 129 Å². The van der Waals surface area contributed by atoms with E-state index in [4.69, 9.17) is 26.2 Å². The molecular weight excluding hydrogens is 294 g/mol. The average Bonchev–Trinajstić information content (AvgIpc) is 2.52. The Bertz CT molecular complexity index is 487. The molecule has 0 radical (unpaired) electrons. The summed E-state index contributed by atoms with van der Waals surface area (Å²) in [4.78, 5) is 14.3. The van der Waals surface area contributed by atoms with Gasteiger partial charge in [-0.15, -0.1) is 0 Å². The van der Waals surface area contributed by atoms with Crippen LogP contribution in [0.15, 0.2) is 18.2 Å². The molecule has 1 saturated heterocycles. The number of aliphatic hydroxyl groups excluding tert-OH is 1. The predicted molar refractivity (Wildman–Crippen MR) is 80.0 cm³/mol. The van der Waals surface area contributed by atoms with E-state index in [1.807, 2.05) is 0 Å². The lowest BCUT2D eigenvalue weighted by Gasteiger charge is -2.32. The van der Waals surface area contributed by atoms with E-state index >= 15 is 0 Å². The summed E-state index contributed by atoms with van der Waals surface area (Å²) >= 11 is 5.91. The molecule has 6 heteroatoms. The fourth-order valence-electron chi connectivity index (χ4n) is 2.46. The number of rotatable bonds is 5. The van der Waals surface area contributed by atoms with Crippen molar-refractivity contribution in [1.82, 2.24) is 4.90 Å². The second-order valence-electron chi connectivity index (χ2n) is 4.93. The van der Waals surface area contributed by atoms with Gasteiger partial charge in [-0.1, -0.05) is 11.6 Å². The van der Waals surface area contributed by atoms with Crippen molar-refractivity contribution in [2.24, 2.45) is 0 Å². The molecule has 1 aromatic carbocycles. The molecule has 0 unspecified atom stereocenters. The van der Waals surface area contributed by atoms with Crippen LogP contribution in [-0.4, -0.2) is 55.4 Å². The number of likely N-dealkylation sites (tertiary alicyclic amines) is 1. The topological polar surface area (TPSA) is 59.0 Å². The highest BCUT2D eigenvalue weighted by Crippen LogP contribution is 2.25. The van der Waals surface area contributed by atoms with Gasteiger partial charge in [0.2, 0.25) is 0 Å². The SMILES string of the molecule is COc1cc(Cl)ccc1C(=O)N1CCC(OCCO)CC1. The predicted octanol–water partition coefficient (Wildman–Crippen LogP) is 1.96. The fourth-order valence-corrected chi connectivity index (χ4v) is 2.62. The van der Waals surface area contributed by atoms with Crippen LogP contribution in [0.3, 0.4) is 0 Å². The summed E-state index contributed by atoms with van der Waals surface area (Å²) in [5.41, 5.74) is 0.525. The van der Waals surface area contributed by atoms with Gasteiger partial charge in [0.15, 0.2) is 0 Å². The number of ether oxygens (including phenoxy) is 2. The molecule has 1 N–H and O–H groups in total.